The first-order valence-electron chi connectivity index (χ1n) is 8.50. The van der Waals surface area contributed by atoms with Crippen molar-refractivity contribution in [2.75, 3.05) is 13.1 Å². The Morgan fingerprint density at radius 2 is 1.96 bits per heavy atom. The van der Waals surface area contributed by atoms with Gasteiger partial charge in [-0.1, -0.05) is 32.9 Å². The number of aromatic nitrogens is 2. The summed E-state index contributed by atoms with van der Waals surface area (Å²) in [5.74, 6) is -1.10. The third-order valence-electron chi connectivity index (χ3n) is 3.82. The van der Waals surface area contributed by atoms with E-state index in [9.17, 15) is 17.6 Å². The van der Waals surface area contributed by atoms with E-state index in [4.69, 9.17) is 9.26 Å². The lowest BCUT2D eigenvalue weighted by atomic mass is 10.2. The fourth-order valence-corrected chi connectivity index (χ4v) is 3.85. The molecule has 2 aromatic rings. The minimum Gasteiger partial charge on any atom is -0.452 e. The summed E-state index contributed by atoms with van der Waals surface area (Å²) in [6, 6.07) is 3.06. The van der Waals surface area contributed by atoms with Gasteiger partial charge in [0.25, 0.3) is 5.89 Å². The maximum atomic E-state index is 14.1. The van der Waals surface area contributed by atoms with Crippen LogP contribution in [0.3, 0.4) is 0 Å². The average Bonchev–Trinajstić information content (AvgIpc) is 3.10. The lowest BCUT2D eigenvalue weighted by molar-refractivity contribution is 0.0429. The largest absolute Gasteiger partial charge is 0.452 e. The zero-order valence-corrected chi connectivity index (χ0v) is 16.4. The Labute approximate surface area is 157 Å². The molecule has 0 atom stereocenters. The maximum Gasteiger partial charge on any atom is 0.338 e. The monoisotopic (exact) mass is 399 g/mol. The quantitative estimate of drug-likeness (QED) is 0.629. The van der Waals surface area contributed by atoms with Gasteiger partial charge in [0.15, 0.2) is 12.4 Å². The molecule has 0 bridgehead atoms. The second-order valence-electron chi connectivity index (χ2n) is 6.01. The summed E-state index contributed by atoms with van der Waals surface area (Å²) in [6.07, 6.45) is 0. The minimum atomic E-state index is -4.05. The van der Waals surface area contributed by atoms with Crippen molar-refractivity contribution in [1.29, 1.82) is 0 Å². The van der Waals surface area contributed by atoms with Gasteiger partial charge in [0, 0.05) is 19.0 Å². The molecule has 8 nitrogen and oxygen atoms in total. The van der Waals surface area contributed by atoms with Crippen molar-refractivity contribution in [3.63, 3.8) is 0 Å². The van der Waals surface area contributed by atoms with Crippen molar-refractivity contribution < 1.29 is 26.9 Å². The van der Waals surface area contributed by atoms with Crippen molar-refractivity contribution in [2.24, 2.45) is 0 Å². The van der Waals surface area contributed by atoms with Gasteiger partial charge in [-0.25, -0.2) is 17.6 Å². The number of rotatable bonds is 8. The Morgan fingerprint density at radius 1 is 1.30 bits per heavy atom. The first-order valence-corrected chi connectivity index (χ1v) is 9.94. The summed E-state index contributed by atoms with van der Waals surface area (Å²) >= 11 is 0. The van der Waals surface area contributed by atoms with Crippen LogP contribution in [0.2, 0.25) is 0 Å². The molecule has 0 fully saturated rings. The van der Waals surface area contributed by atoms with Crippen LogP contribution in [0, 0.1) is 5.82 Å². The summed E-state index contributed by atoms with van der Waals surface area (Å²) in [6.45, 7) is 7.16. The predicted molar refractivity (Wildman–Crippen MR) is 94.0 cm³/mol. The molecule has 27 heavy (non-hydrogen) atoms. The topological polar surface area (TPSA) is 103 Å². The van der Waals surface area contributed by atoms with Crippen LogP contribution in [0.4, 0.5) is 4.39 Å². The van der Waals surface area contributed by atoms with E-state index in [1.165, 1.54) is 0 Å². The van der Waals surface area contributed by atoms with Crippen LogP contribution in [-0.4, -0.2) is 41.9 Å². The Kier molecular flexibility index (Phi) is 6.66. The molecule has 148 valence electrons. The minimum absolute atomic E-state index is 0.0585. The van der Waals surface area contributed by atoms with Crippen LogP contribution in [0.1, 0.15) is 55.7 Å². The number of ether oxygens (including phenoxy) is 1. The van der Waals surface area contributed by atoms with E-state index in [1.54, 1.807) is 13.8 Å². The van der Waals surface area contributed by atoms with E-state index in [1.807, 2.05) is 13.8 Å². The molecule has 0 saturated heterocycles. The molecule has 0 aliphatic heterocycles. The molecular weight excluding hydrogens is 377 g/mol. The number of carbonyl (C=O) groups excluding carboxylic acids is 1. The molecule has 0 saturated carbocycles. The molecule has 0 radical (unpaired) electrons. The molecule has 2 rings (SSSR count). The van der Waals surface area contributed by atoms with Gasteiger partial charge >= 0.3 is 5.97 Å². The molecule has 0 unspecified atom stereocenters. The summed E-state index contributed by atoms with van der Waals surface area (Å²) in [5, 5.41) is 3.75. The van der Waals surface area contributed by atoms with E-state index < -0.39 is 26.7 Å². The zero-order chi connectivity index (χ0) is 20.2. The third kappa shape index (κ3) is 4.69. The van der Waals surface area contributed by atoms with Crippen molar-refractivity contribution in [2.45, 2.75) is 45.1 Å². The Bertz CT molecular complexity index is 907. The van der Waals surface area contributed by atoms with Crippen molar-refractivity contribution in [1.82, 2.24) is 14.4 Å². The molecule has 0 spiro atoms. The van der Waals surface area contributed by atoms with Crippen molar-refractivity contribution in [3.8, 4) is 0 Å². The van der Waals surface area contributed by atoms with E-state index in [0.717, 1.165) is 22.5 Å². The first-order chi connectivity index (χ1) is 12.7. The van der Waals surface area contributed by atoms with Gasteiger partial charge in [-0.05, 0) is 18.2 Å². The SMILES string of the molecule is CCN(CC)S(=O)(=O)c1cc(C(=O)OCc2nc(C(C)C)no2)ccc1F. The molecule has 1 heterocycles. The Balaban J connectivity index is 2.20. The first kappa shape index (κ1) is 21.0. The van der Waals surface area contributed by atoms with E-state index in [-0.39, 0.29) is 37.1 Å². The lowest BCUT2D eigenvalue weighted by Crippen LogP contribution is -2.31. The van der Waals surface area contributed by atoms with Crippen molar-refractivity contribution >= 4 is 16.0 Å². The second-order valence-corrected chi connectivity index (χ2v) is 7.92. The molecule has 0 N–H and O–H groups in total. The van der Waals surface area contributed by atoms with Gasteiger partial charge in [-0.2, -0.15) is 9.29 Å². The highest BCUT2D eigenvalue weighted by atomic mass is 32.2. The predicted octanol–water partition coefficient (Wildman–Crippen LogP) is 2.72. The second kappa shape index (κ2) is 8.57. The van der Waals surface area contributed by atoms with Crippen LogP contribution in [0.5, 0.6) is 0 Å². The molecule has 1 aromatic heterocycles. The number of hydrogen-bond acceptors (Lipinski definition) is 7. The van der Waals surface area contributed by atoms with E-state index >= 15 is 0 Å². The van der Waals surface area contributed by atoms with Gasteiger partial charge in [-0.15, -0.1) is 0 Å². The summed E-state index contributed by atoms with van der Waals surface area (Å²) < 4.78 is 50.3. The van der Waals surface area contributed by atoms with Crippen LogP contribution in [0.25, 0.3) is 0 Å². The number of benzene rings is 1. The molecule has 10 heteroatoms. The fraction of sp³-hybridized carbons (Fsp3) is 0.471. The number of esters is 1. The van der Waals surface area contributed by atoms with Crippen LogP contribution in [0.15, 0.2) is 27.6 Å². The standard InChI is InChI=1S/C17H22FN3O5S/c1-5-21(6-2)27(23,24)14-9-12(7-8-13(14)18)17(22)25-10-15-19-16(11(3)4)20-26-15/h7-9,11H,5-6,10H2,1-4H3. The molecule has 1 aromatic carbocycles. The highest BCUT2D eigenvalue weighted by Gasteiger charge is 2.26. The summed E-state index contributed by atoms with van der Waals surface area (Å²) in [7, 11) is -4.05. The number of nitrogens with zero attached hydrogens (tertiary/aromatic N) is 3. The van der Waals surface area contributed by atoms with E-state index in [2.05, 4.69) is 10.1 Å². The number of halogens is 1. The normalized spacial score (nSPS) is 12.0. The van der Waals surface area contributed by atoms with Crippen molar-refractivity contribution in [3.05, 3.63) is 41.3 Å². The Morgan fingerprint density at radius 3 is 2.52 bits per heavy atom. The lowest BCUT2D eigenvalue weighted by Gasteiger charge is -2.19. The summed E-state index contributed by atoms with van der Waals surface area (Å²) in [4.78, 5) is 15.7. The molecular formula is C17H22FN3O5S. The number of carbonyl (C=O) groups is 1. The fourth-order valence-electron chi connectivity index (χ4n) is 2.30. The molecule has 0 aliphatic rings. The molecule has 0 amide bonds. The zero-order valence-electron chi connectivity index (χ0n) is 15.6. The summed E-state index contributed by atoms with van der Waals surface area (Å²) in [5.41, 5.74) is -0.0919. The van der Waals surface area contributed by atoms with Crippen LogP contribution >= 0.6 is 0 Å². The van der Waals surface area contributed by atoms with E-state index in [0.29, 0.717) is 5.82 Å². The highest BCUT2D eigenvalue weighted by Crippen LogP contribution is 2.21. The highest BCUT2D eigenvalue weighted by molar-refractivity contribution is 7.89. The molecule has 0 aliphatic carbocycles. The Hall–Kier alpha value is -2.33. The maximum absolute atomic E-state index is 14.1. The van der Waals surface area contributed by atoms with Crippen LogP contribution < -0.4 is 0 Å². The smallest absolute Gasteiger partial charge is 0.338 e. The van der Waals surface area contributed by atoms with Gasteiger partial charge in [0.2, 0.25) is 10.0 Å². The van der Waals surface area contributed by atoms with Gasteiger partial charge < -0.3 is 9.26 Å². The average molecular weight is 399 g/mol. The number of hydrogen-bond donors (Lipinski definition) is 0. The third-order valence-corrected chi connectivity index (χ3v) is 5.88. The van der Waals surface area contributed by atoms with Gasteiger partial charge in [0.1, 0.15) is 10.7 Å². The van der Waals surface area contributed by atoms with Crippen LogP contribution in [-0.2, 0) is 21.4 Å². The number of sulfonamides is 1. The van der Waals surface area contributed by atoms with Gasteiger partial charge in [0.05, 0.1) is 5.56 Å². The van der Waals surface area contributed by atoms with Gasteiger partial charge in [-0.3, -0.25) is 0 Å².